The van der Waals surface area contributed by atoms with Gasteiger partial charge in [0.05, 0.1) is 7.98 Å². The molecule has 0 heterocycles. The number of rotatable bonds is 3. The second-order valence-corrected chi connectivity index (χ2v) is 10.9. The second-order valence-electron chi connectivity index (χ2n) is 6.19. The van der Waals surface area contributed by atoms with Crippen LogP contribution in [-0.2, 0) is 0 Å². The molecular weight excluding hydrogens is 200 g/mol. The van der Waals surface area contributed by atoms with E-state index in [1.165, 1.54) is 19.0 Å². The first-order valence-corrected chi connectivity index (χ1v) is 7.60. The van der Waals surface area contributed by atoms with E-state index in [4.69, 9.17) is 4.66 Å². The Hall–Kier alpha value is 0.295. The number of nitrogens with zero attached hydrogens (tertiary/aromatic N) is 1. The maximum atomic E-state index is 5.16. The van der Waals surface area contributed by atoms with Crippen molar-refractivity contribution in [2.75, 3.05) is 6.16 Å². The van der Waals surface area contributed by atoms with Gasteiger partial charge in [-0.25, -0.2) is 0 Å². The summed E-state index contributed by atoms with van der Waals surface area (Å²) in [5, 5.41) is 0.810. The lowest BCUT2D eigenvalue weighted by molar-refractivity contribution is 0.685. The highest BCUT2D eigenvalue weighted by molar-refractivity contribution is 7.69. The lowest BCUT2D eigenvalue weighted by atomic mass is 10.2. The zero-order valence-corrected chi connectivity index (χ0v) is 11.9. The lowest BCUT2D eigenvalue weighted by Crippen LogP contribution is -2.30. The van der Waals surface area contributed by atoms with Crippen LogP contribution in [0.2, 0.25) is 0 Å². The van der Waals surface area contributed by atoms with Crippen LogP contribution in [0.15, 0.2) is 4.66 Å². The van der Waals surface area contributed by atoms with Gasteiger partial charge in [0.25, 0.3) is 0 Å². The van der Waals surface area contributed by atoms with E-state index in [0.29, 0.717) is 10.3 Å². The predicted molar refractivity (Wildman–Crippen MR) is 78.6 cm³/mol. The highest BCUT2D eigenvalue weighted by Gasteiger charge is 2.39. The highest BCUT2D eigenvalue weighted by atomic mass is 31.2. The lowest BCUT2D eigenvalue weighted by Gasteiger charge is -2.49. The third kappa shape index (κ3) is 3.13. The summed E-state index contributed by atoms with van der Waals surface area (Å²) in [6.45, 7) is 16.8. The summed E-state index contributed by atoms with van der Waals surface area (Å²) < 4.78 is 5.16. The van der Waals surface area contributed by atoms with Crippen LogP contribution in [0.4, 0.5) is 0 Å². The molecule has 0 bridgehead atoms. The Morgan fingerprint density at radius 1 is 1.00 bits per heavy atom. The fraction of sp³-hybridized carbons (Fsp3) is 1.00. The molecule has 0 aromatic heterocycles. The van der Waals surface area contributed by atoms with Crippen molar-refractivity contribution >= 4 is 15.0 Å². The molecule has 0 N–H and O–H groups in total. The van der Waals surface area contributed by atoms with E-state index in [-0.39, 0.29) is 7.98 Å². The summed E-state index contributed by atoms with van der Waals surface area (Å²) in [7, 11) is -0.960. The standard InChI is InChI=1S/C12H30BNP/c1-8-9-10-15(14-13,11(2,3)4)12(5,6)7/h8-10H2,1-7,13H3/q-1. The fourth-order valence-corrected chi connectivity index (χ4v) is 6.19. The van der Waals surface area contributed by atoms with Crippen LogP contribution < -0.4 is 0 Å². The van der Waals surface area contributed by atoms with Gasteiger partial charge in [0.1, 0.15) is 0 Å². The maximum absolute atomic E-state index is 5.16. The topological polar surface area (TPSA) is 12.4 Å². The van der Waals surface area contributed by atoms with E-state index in [0.717, 1.165) is 0 Å². The molecule has 0 saturated heterocycles. The fourth-order valence-electron chi connectivity index (χ4n) is 2.06. The molecule has 0 fully saturated rings. The predicted octanol–water partition coefficient (Wildman–Crippen LogP) is 3.87. The van der Waals surface area contributed by atoms with Crippen LogP contribution in [-0.4, -0.2) is 24.5 Å². The van der Waals surface area contributed by atoms with Crippen molar-refractivity contribution in [1.29, 1.82) is 0 Å². The Bertz CT molecular complexity index is 227. The summed E-state index contributed by atoms with van der Waals surface area (Å²) >= 11 is 0. The minimum Gasteiger partial charge on any atom is -0.523 e. The van der Waals surface area contributed by atoms with Gasteiger partial charge in [-0.2, -0.15) is 0 Å². The molecule has 1 nitrogen and oxygen atoms in total. The first-order valence-electron chi connectivity index (χ1n) is 5.67. The van der Waals surface area contributed by atoms with E-state index < -0.39 is 7.05 Å². The average Bonchev–Trinajstić information content (AvgIpc) is 2.01. The number of hydrogen-bond acceptors (Lipinski definition) is 1. The van der Waals surface area contributed by atoms with Crippen molar-refractivity contribution in [2.45, 2.75) is 71.6 Å². The second kappa shape index (κ2) is 5.08. The van der Waals surface area contributed by atoms with Crippen molar-refractivity contribution in [3.05, 3.63) is 0 Å². The summed E-state index contributed by atoms with van der Waals surface area (Å²) in [5.41, 5.74) is 0. The van der Waals surface area contributed by atoms with Gasteiger partial charge >= 0.3 is 0 Å². The largest absolute Gasteiger partial charge is 0.523 e. The molecule has 0 amide bonds. The van der Waals surface area contributed by atoms with E-state index in [2.05, 4.69) is 48.5 Å². The normalized spacial score (nSPS) is 14.1. The molecule has 0 radical (unpaired) electrons. The Balaban J connectivity index is 5.36. The Kier molecular flexibility index (Phi) is 5.18. The van der Waals surface area contributed by atoms with Crippen LogP contribution in [0.1, 0.15) is 61.3 Å². The molecule has 0 aromatic carbocycles. The van der Waals surface area contributed by atoms with Crippen molar-refractivity contribution in [3.63, 3.8) is 0 Å². The SMILES string of the molecule is [BH3-]N=P(CCCC)(C(C)(C)C)C(C)(C)C. The summed E-state index contributed by atoms with van der Waals surface area (Å²) in [6.07, 6.45) is 4.04. The van der Waals surface area contributed by atoms with Crippen LogP contribution in [0.25, 0.3) is 0 Å². The van der Waals surface area contributed by atoms with Crippen LogP contribution in [0.3, 0.4) is 0 Å². The molecular formula is C12H30BNP-. The van der Waals surface area contributed by atoms with Crippen molar-refractivity contribution < 1.29 is 0 Å². The zero-order chi connectivity index (χ0) is 12.3. The van der Waals surface area contributed by atoms with Crippen LogP contribution in [0, 0.1) is 0 Å². The van der Waals surface area contributed by atoms with E-state index in [1.807, 2.05) is 0 Å². The van der Waals surface area contributed by atoms with Crippen molar-refractivity contribution in [3.8, 4) is 0 Å². The molecule has 0 rings (SSSR count). The number of hydrogen-bond donors (Lipinski definition) is 0. The smallest absolute Gasteiger partial charge is 0.0598 e. The van der Waals surface area contributed by atoms with E-state index in [9.17, 15) is 0 Å². The minimum absolute atomic E-state index is 0.165. The summed E-state index contributed by atoms with van der Waals surface area (Å²) in [5.74, 6) is 0. The summed E-state index contributed by atoms with van der Waals surface area (Å²) in [6, 6.07) is 0. The zero-order valence-electron chi connectivity index (χ0n) is 11.0. The van der Waals surface area contributed by atoms with Gasteiger partial charge in [-0.05, 0) is 22.9 Å². The first kappa shape index (κ1) is 15.3. The van der Waals surface area contributed by atoms with Crippen LogP contribution in [0.5, 0.6) is 0 Å². The van der Waals surface area contributed by atoms with Gasteiger partial charge < -0.3 is 4.66 Å². The average molecular weight is 230 g/mol. The summed E-state index contributed by atoms with van der Waals surface area (Å²) in [4.78, 5) is 0. The Labute approximate surface area is 97.9 Å². The van der Waals surface area contributed by atoms with Crippen molar-refractivity contribution in [1.82, 2.24) is 0 Å². The molecule has 0 unspecified atom stereocenters. The highest BCUT2D eigenvalue weighted by Crippen LogP contribution is 2.69. The maximum Gasteiger partial charge on any atom is 0.0598 e. The van der Waals surface area contributed by atoms with Gasteiger partial charge in [0.15, 0.2) is 0 Å². The molecule has 0 aliphatic carbocycles. The Morgan fingerprint density at radius 2 is 1.40 bits per heavy atom. The van der Waals surface area contributed by atoms with E-state index in [1.54, 1.807) is 0 Å². The quantitative estimate of drug-likeness (QED) is 0.515. The van der Waals surface area contributed by atoms with Gasteiger partial charge in [-0.3, -0.25) is 0 Å². The molecule has 0 aromatic rings. The third-order valence-corrected chi connectivity index (χ3v) is 8.46. The molecule has 0 spiro atoms. The molecule has 0 aliphatic heterocycles. The van der Waals surface area contributed by atoms with Gasteiger partial charge in [0.2, 0.25) is 0 Å². The van der Waals surface area contributed by atoms with Gasteiger partial charge in [-0.15, -0.1) is 0 Å². The molecule has 15 heavy (non-hydrogen) atoms. The molecule has 3 heteroatoms. The monoisotopic (exact) mass is 230 g/mol. The Morgan fingerprint density at radius 3 is 1.60 bits per heavy atom. The first-order chi connectivity index (χ1) is 6.62. The molecule has 0 atom stereocenters. The van der Waals surface area contributed by atoms with Crippen molar-refractivity contribution in [2.24, 2.45) is 4.66 Å². The molecule has 92 valence electrons. The van der Waals surface area contributed by atoms with Crippen LogP contribution >= 0.6 is 7.05 Å². The minimum atomic E-state index is -1.13. The molecule has 0 aliphatic rings. The van der Waals surface area contributed by atoms with Gasteiger partial charge in [-0.1, -0.05) is 61.9 Å². The van der Waals surface area contributed by atoms with E-state index >= 15 is 0 Å². The number of unbranched alkanes of at least 4 members (excludes halogenated alkanes) is 1. The van der Waals surface area contributed by atoms with Gasteiger partial charge in [0, 0.05) is 0 Å². The molecule has 0 saturated carbocycles. The third-order valence-electron chi connectivity index (χ3n) is 3.05.